The molecular weight excluding hydrogens is 515 g/mol. The Bertz CT molecular complexity index is 1190. The second-order valence-electron chi connectivity index (χ2n) is 10.2. The minimum absolute atomic E-state index is 0.0194. The zero-order chi connectivity index (χ0) is 26.7. The van der Waals surface area contributed by atoms with Gasteiger partial charge in [-0.25, -0.2) is 0 Å². The Morgan fingerprint density at radius 1 is 1.08 bits per heavy atom. The van der Waals surface area contributed by atoms with Crippen molar-refractivity contribution in [2.45, 2.75) is 57.1 Å². The summed E-state index contributed by atoms with van der Waals surface area (Å²) in [6.45, 7) is 4.40. The summed E-state index contributed by atoms with van der Waals surface area (Å²) in [4.78, 5) is 39.0. The summed E-state index contributed by atoms with van der Waals surface area (Å²) < 4.78 is 11.3. The average Bonchev–Trinajstić information content (AvgIpc) is 2.81. The first-order valence-corrected chi connectivity index (χ1v) is 13.2. The number of nitrogens with zero attached hydrogens (tertiary/aromatic N) is 1. The van der Waals surface area contributed by atoms with Crippen LogP contribution < -0.4 is 10.1 Å². The molecule has 1 aliphatic heterocycles. The second-order valence-corrected chi connectivity index (χ2v) is 11.0. The van der Waals surface area contributed by atoms with Crippen LogP contribution >= 0.6 is 23.2 Å². The number of esters is 2. The number of fused-ring (bicyclic) bond motifs is 1. The third-order valence-electron chi connectivity index (χ3n) is 7.44. The quantitative estimate of drug-likeness (QED) is 0.422. The predicted octanol–water partition coefficient (Wildman–Crippen LogP) is 4.56. The lowest BCUT2D eigenvalue weighted by atomic mass is 9.57. The number of rotatable bonds is 6. The van der Waals surface area contributed by atoms with Gasteiger partial charge in [0.05, 0.1) is 16.5 Å². The van der Waals surface area contributed by atoms with Gasteiger partial charge in [-0.05, 0) is 61.8 Å². The lowest BCUT2D eigenvalue weighted by Gasteiger charge is -2.55. The van der Waals surface area contributed by atoms with E-state index in [4.69, 9.17) is 32.7 Å². The van der Waals surface area contributed by atoms with Crippen LogP contribution in [0.2, 0.25) is 10.0 Å². The number of carbonyl (C=O) groups excluding carboxylic acids is 3. The Balaban J connectivity index is 1.64. The Morgan fingerprint density at radius 3 is 2.57 bits per heavy atom. The highest BCUT2D eigenvalue weighted by atomic mass is 35.5. The van der Waals surface area contributed by atoms with Gasteiger partial charge in [-0.15, -0.1) is 0 Å². The van der Waals surface area contributed by atoms with E-state index in [0.717, 1.165) is 30.6 Å². The van der Waals surface area contributed by atoms with Gasteiger partial charge in [-0.1, -0.05) is 41.4 Å². The number of carbonyl (C=O) groups is 3. The molecule has 37 heavy (non-hydrogen) atoms. The average molecular weight is 547 g/mol. The number of hydrogen-bond acceptors (Lipinski definition) is 6. The fourth-order valence-corrected chi connectivity index (χ4v) is 6.27. The van der Waals surface area contributed by atoms with Crippen LogP contribution in [-0.4, -0.2) is 55.0 Å². The normalized spacial score (nSPS) is 25.6. The summed E-state index contributed by atoms with van der Waals surface area (Å²) in [6, 6.07) is 12.5. The number of amides is 1. The van der Waals surface area contributed by atoms with E-state index in [1.165, 1.54) is 13.8 Å². The third-order valence-corrected chi connectivity index (χ3v) is 8.17. The second kappa shape index (κ2) is 11.4. The molecule has 1 saturated carbocycles. The van der Waals surface area contributed by atoms with E-state index in [-0.39, 0.29) is 47.7 Å². The Hall–Kier alpha value is -2.61. The van der Waals surface area contributed by atoms with Crippen molar-refractivity contribution in [1.29, 1.82) is 0 Å². The van der Waals surface area contributed by atoms with Crippen molar-refractivity contribution in [2.24, 2.45) is 5.92 Å². The van der Waals surface area contributed by atoms with Crippen LogP contribution in [0.3, 0.4) is 0 Å². The molecule has 1 amide bonds. The maximum Gasteiger partial charge on any atom is 0.308 e. The van der Waals surface area contributed by atoms with Gasteiger partial charge in [0, 0.05) is 44.2 Å². The Kier molecular flexibility index (Phi) is 8.46. The van der Waals surface area contributed by atoms with E-state index in [9.17, 15) is 14.4 Å². The largest absolute Gasteiger partial charge is 0.462 e. The molecule has 0 bridgehead atoms. The molecule has 2 aliphatic rings. The monoisotopic (exact) mass is 546 g/mol. The van der Waals surface area contributed by atoms with E-state index in [1.807, 2.05) is 18.2 Å². The number of benzene rings is 2. The number of likely N-dealkylation sites (tertiary alicyclic amines) is 1. The van der Waals surface area contributed by atoms with E-state index < -0.39 is 0 Å². The zero-order valence-corrected chi connectivity index (χ0v) is 22.8. The summed E-state index contributed by atoms with van der Waals surface area (Å²) in [5.74, 6) is -0.370. The van der Waals surface area contributed by atoms with Crippen LogP contribution in [0.15, 0.2) is 42.5 Å². The molecule has 4 atom stereocenters. The topological polar surface area (TPSA) is 84.9 Å². The number of ether oxygens (including phenoxy) is 2. The summed E-state index contributed by atoms with van der Waals surface area (Å²) in [6.07, 6.45) is 1.80. The highest BCUT2D eigenvalue weighted by Crippen LogP contribution is 2.50. The summed E-state index contributed by atoms with van der Waals surface area (Å²) in [5, 5.41) is 4.03. The standard InChI is InChI=1S/C28H32Cl2N2O5/c1-17(33)36-22-6-4-5-20(13-22)28-9-10-32(3)16-23(28)26(37-18(2)34)14-21(15-28)31-27(35)12-19-7-8-24(29)25(30)11-19/h4-8,11,13,21,23,26H,9-10,12,14-16H2,1-3H3,(H,31,35). The Morgan fingerprint density at radius 2 is 1.86 bits per heavy atom. The van der Waals surface area contributed by atoms with Crippen LogP contribution in [0.5, 0.6) is 5.75 Å². The lowest BCUT2D eigenvalue weighted by Crippen LogP contribution is -2.61. The molecule has 1 aliphatic carbocycles. The fraction of sp³-hybridized carbons (Fsp3) is 0.464. The molecule has 4 rings (SSSR count). The molecule has 2 aromatic rings. The van der Waals surface area contributed by atoms with E-state index in [2.05, 4.69) is 17.3 Å². The summed E-state index contributed by atoms with van der Waals surface area (Å²) in [7, 11) is 2.06. The summed E-state index contributed by atoms with van der Waals surface area (Å²) in [5.41, 5.74) is 1.41. The molecule has 7 nitrogen and oxygen atoms in total. The molecule has 2 fully saturated rings. The smallest absolute Gasteiger partial charge is 0.308 e. The Labute approximate surface area is 227 Å². The van der Waals surface area contributed by atoms with E-state index >= 15 is 0 Å². The maximum absolute atomic E-state index is 13.1. The van der Waals surface area contributed by atoms with Crippen molar-refractivity contribution < 1.29 is 23.9 Å². The van der Waals surface area contributed by atoms with Gasteiger partial charge < -0.3 is 19.7 Å². The van der Waals surface area contributed by atoms with Gasteiger partial charge >= 0.3 is 11.9 Å². The van der Waals surface area contributed by atoms with Crippen LogP contribution in [0, 0.1) is 5.92 Å². The van der Waals surface area contributed by atoms with Crippen LogP contribution in [0.25, 0.3) is 0 Å². The first-order valence-electron chi connectivity index (χ1n) is 12.4. The molecule has 4 unspecified atom stereocenters. The van der Waals surface area contributed by atoms with Crippen LogP contribution in [-0.2, 0) is 31.0 Å². The molecule has 1 N–H and O–H groups in total. The SMILES string of the molecule is CC(=O)Oc1cccc(C23CCN(C)CC2C(OC(C)=O)CC(NC(=O)Cc2ccc(Cl)c(Cl)c2)C3)c1. The van der Waals surface area contributed by atoms with Gasteiger partial charge in [-0.2, -0.15) is 0 Å². The number of piperidine rings is 1. The van der Waals surface area contributed by atoms with Crippen molar-refractivity contribution in [3.8, 4) is 5.75 Å². The first kappa shape index (κ1) is 27.4. The molecule has 0 radical (unpaired) electrons. The van der Waals surface area contributed by atoms with Crippen molar-refractivity contribution in [2.75, 3.05) is 20.1 Å². The molecule has 1 heterocycles. The van der Waals surface area contributed by atoms with Crippen LogP contribution in [0.1, 0.15) is 44.2 Å². The third kappa shape index (κ3) is 6.46. The molecule has 9 heteroatoms. The number of hydrogen-bond donors (Lipinski definition) is 1. The fourth-order valence-electron chi connectivity index (χ4n) is 5.95. The highest BCUT2D eigenvalue weighted by molar-refractivity contribution is 6.42. The van der Waals surface area contributed by atoms with E-state index in [1.54, 1.807) is 24.3 Å². The van der Waals surface area contributed by atoms with Crippen molar-refractivity contribution in [1.82, 2.24) is 10.2 Å². The molecule has 0 aromatic heterocycles. The van der Waals surface area contributed by atoms with E-state index in [0.29, 0.717) is 28.6 Å². The minimum Gasteiger partial charge on any atom is -0.462 e. The molecule has 0 spiro atoms. The van der Waals surface area contributed by atoms with Crippen molar-refractivity contribution in [3.05, 3.63) is 63.6 Å². The van der Waals surface area contributed by atoms with Gasteiger partial charge in [0.15, 0.2) is 0 Å². The molecule has 2 aromatic carbocycles. The molecular formula is C28H32Cl2N2O5. The van der Waals surface area contributed by atoms with Gasteiger partial charge in [-0.3, -0.25) is 14.4 Å². The summed E-state index contributed by atoms with van der Waals surface area (Å²) >= 11 is 12.1. The lowest BCUT2D eigenvalue weighted by molar-refractivity contribution is -0.157. The maximum atomic E-state index is 13.1. The van der Waals surface area contributed by atoms with Gasteiger partial charge in [0.1, 0.15) is 11.9 Å². The van der Waals surface area contributed by atoms with Crippen molar-refractivity contribution >= 4 is 41.0 Å². The number of nitrogens with one attached hydrogen (secondary N) is 1. The van der Waals surface area contributed by atoms with Gasteiger partial charge in [0.2, 0.25) is 5.91 Å². The minimum atomic E-state index is -0.386. The van der Waals surface area contributed by atoms with Crippen molar-refractivity contribution in [3.63, 3.8) is 0 Å². The first-order chi connectivity index (χ1) is 17.6. The van der Waals surface area contributed by atoms with Gasteiger partial charge in [0.25, 0.3) is 0 Å². The molecule has 1 saturated heterocycles. The molecule has 198 valence electrons. The zero-order valence-electron chi connectivity index (χ0n) is 21.3. The number of halogens is 2. The van der Waals surface area contributed by atoms with Crippen LogP contribution in [0.4, 0.5) is 0 Å². The predicted molar refractivity (Wildman–Crippen MR) is 142 cm³/mol. The highest BCUT2D eigenvalue weighted by Gasteiger charge is 2.53.